The highest BCUT2D eigenvalue weighted by Crippen LogP contribution is 2.28. The van der Waals surface area contributed by atoms with Crippen LogP contribution in [-0.2, 0) is 21.2 Å². The van der Waals surface area contributed by atoms with Gasteiger partial charge in [-0.2, -0.15) is 0 Å². The second kappa shape index (κ2) is 10.8. The molecule has 0 radical (unpaired) electrons. The molecule has 2 aromatic heterocycles. The zero-order chi connectivity index (χ0) is 28.6. The standard InChI is InChI=1S/C30H24ClN5O4S/c31-24-10-8-23-16-26(11-9-22(23)15-24)41(39,40)36-14-13-35(28(30(36)38)17-25-18-32-19-34-25)29(37)21-6-4-20(5-7-21)27-3-1-2-12-33-27/h1-12,15-16,18-19,28H,13-14,17H2,(H,32,34). The van der Waals surface area contributed by atoms with Crippen LogP contribution in [0.3, 0.4) is 0 Å². The SMILES string of the molecule is O=C(c1ccc(-c2ccccn2)cc1)N1CCN(S(=O)(=O)c2ccc3cc(Cl)ccc3c2)C(=O)C1Cc1cnc[nH]1. The predicted molar refractivity (Wildman–Crippen MR) is 155 cm³/mol. The fraction of sp³-hybridized carbons (Fsp3) is 0.133. The second-order valence-corrected chi connectivity index (χ2v) is 12.0. The summed E-state index contributed by atoms with van der Waals surface area (Å²) in [5.41, 5.74) is 2.61. The third-order valence-electron chi connectivity index (χ3n) is 7.13. The van der Waals surface area contributed by atoms with Crippen LogP contribution in [0.4, 0.5) is 0 Å². The Hall–Kier alpha value is -4.54. The molecule has 1 atom stereocenters. The van der Waals surface area contributed by atoms with Crippen LogP contribution < -0.4 is 0 Å². The number of nitrogens with zero attached hydrogens (tertiary/aromatic N) is 4. The highest BCUT2D eigenvalue weighted by Gasteiger charge is 2.43. The number of imidazole rings is 1. The molecule has 1 aliphatic heterocycles. The molecular formula is C30H24ClN5O4S. The van der Waals surface area contributed by atoms with Crippen LogP contribution in [0.2, 0.25) is 5.02 Å². The highest BCUT2D eigenvalue weighted by molar-refractivity contribution is 7.89. The lowest BCUT2D eigenvalue weighted by Gasteiger charge is -2.40. The molecular weight excluding hydrogens is 562 g/mol. The molecule has 3 aromatic carbocycles. The number of aromatic amines is 1. The third-order valence-corrected chi connectivity index (χ3v) is 9.16. The van der Waals surface area contributed by atoms with Gasteiger partial charge in [-0.15, -0.1) is 0 Å². The van der Waals surface area contributed by atoms with Gasteiger partial charge in [-0.05, 0) is 59.3 Å². The van der Waals surface area contributed by atoms with Gasteiger partial charge in [-0.1, -0.05) is 41.9 Å². The Morgan fingerprint density at radius 2 is 1.76 bits per heavy atom. The van der Waals surface area contributed by atoms with Crippen molar-refractivity contribution in [3.63, 3.8) is 0 Å². The normalized spacial score (nSPS) is 15.8. The maximum atomic E-state index is 13.9. The molecule has 5 aromatic rings. The Morgan fingerprint density at radius 1 is 0.976 bits per heavy atom. The van der Waals surface area contributed by atoms with E-state index in [1.165, 1.54) is 23.4 Å². The third kappa shape index (κ3) is 5.19. The molecule has 0 aliphatic carbocycles. The maximum Gasteiger partial charge on any atom is 0.266 e. The molecule has 1 aliphatic rings. The number of benzene rings is 3. The first-order valence-corrected chi connectivity index (χ1v) is 14.7. The van der Waals surface area contributed by atoms with Crippen LogP contribution in [0.5, 0.6) is 0 Å². The summed E-state index contributed by atoms with van der Waals surface area (Å²) in [5, 5.41) is 2.00. The van der Waals surface area contributed by atoms with E-state index in [1.54, 1.807) is 60.9 Å². The van der Waals surface area contributed by atoms with Gasteiger partial charge in [-0.3, -0.25) is 14.6 Å². The number of hydrogen-bond donors (Lipinski definition) is 1. The fourth-order valence-electron chi connectivity index (χ4n) is 5.01. The molecule has 0 bridgehead atoms. The summed E-state index contributed by atoms with van der Waals surface area (Å²) in [7, 11) is -4.19. The molecule has 206 valence electrons. The molecule has 1 fully saturated rings. The quantitative estimate of drug-likeness (QED) is 0.312. The minimum absolute atomic E-state index is 0.00847. The van der Waals surface area contributed by atoms with Gasteiger partial charge >= 0.3 is 0 Å². The smallest absolute Gasteiger partial charge is 0.266 e. The molecule has 11 heteroatoms. The van der Waals surface area contributed by atoms with Crippen LogP contribution in [0, 0.1) is 0 Å². The summed E-state index contributed by atoms with van der Waals surface area (Å²) >= 11 is 6.07. The summed E-state index contributed by atoms with van der Waals surface area (Å²) in [6, 6.07) is 21.3. The molecule has 6 rings (SSSR count). The lowest BCUT2D eigenvalue weighted by molar-refractivity contribution is -0.134. The number of halogens is 1. The minimum Gasteiger partial charge on any atom is -0.348 e. The minimum atomic E-state index is -4.19. The van der Waals surface area contributed by atoms with Gasteiger partial charge in [0.25, 0.3) is 21.8 Å². The summed E-state index contributed by atoms with van der Waals surface area (Å²) < 4.78 is 28.3. The highest BCUT2D eigenvalue weighted by atomic mass is 35.5. The van der Waals surface area contributed by atoms with Gasteiger partial charge in [0, 0.05) is 47.2 Å². The van der Waals surface area contributed by atoms with Crippen molar-refractivity contribution in [3.05, 3.63) is 114 Å². The maximum absolute atomic E-state index is 13.9. The van der Waals surface area contributed by atoms with Crippen molar-refractivity contribution < 1.29 is 18.0 Å². The van der Waals surface area contributed by atoms with Crippen LogP contribution >= 0.6 is 11.6 Å². The van der Waals surface area contributed by atoms with Gasteiger partial charge in [-0.25, -0.2) is 17.7 Å². The van der Waals surface area contributed by atoms with Crippen molar-refractivity contribution in [2.75, 3.05) is 13.1 Å². The number of hydrogen-bond acceptors (Lipinski definition) is 6. The topological polar surface area (TPSA) is 116 Å². The number of sulfonamides is 1. The number of nitrogens with one attached hydrogen (secondary N) is 1. The zero-order valence-corrected chi connectivity index (χ0v) is 23.2. The molecule has 2 amide bonds. The largest absolute Gasteiger partial charge is 0.348 e. The Morgan fingerprint density at radius 3 is 2.49 bits per heavy atom. The molecule has 1 saturated heterocycles. The lowest BCUT2D eigenvalue weighted by atomic mass is 10.0. The first-order chi connectivity index (χ1) is 19.8. The first-order valence-electron chi connectivity index (χ1n) is 12.9. The van der Waals surface area contributed by atoms with Crippen molar-refractivity contribution in [3.8, 4) is 11.3 Å². The van der Waals surface area contributed by atoms with Gasteiger partial charge in [0.15, 0.2) is 0 Å². The van der Waals surface area contributed by atoms with E-state index < -0.39 is 22.0 Å². The summed E-state index contributed by atoms with van der Waals surface area (Å²) in [5.74, 6) is -1.05. The van der Waals surface area contributed by atoms with Crippen LogP contribution in [0.1, 0.15) is 16.1 Å². The van der Waals surface area contributed by atoms with E-state index in [1.807, 2.05) is 18.2 Å². The van der Waals surface area contributed by atoms with Gasteiger partial charge in [0.1, 0.15) is 6.04 Å². The van der Waals surface area contributed by atoms with Crippen molar-refractivity contribution in [1.29, 1.82) is 0 Å². The number of H-pyrrole nitrogens is 1. The van der Waals surface area contributed by atoms with Crippen molar-refractivity contribution in [2.45, 2.75) is 17.4 Å². The molecule has 1 unspecified atom stereocenters. The Labute approximate surface area is 241 Å². The molecule has 41 heavy (non-hydrogen) atoms. The number of piperazine rings is 1. The molecule has 0 saturated carbocycles. The number of amides is 2. The summed E-state index contributed by atoms with van der Waals surface area (Å²) in [4.78, 5) is 40.3. The number of rotatable bonds is 6. The van der Waals surface area contributed by atoms with E-state index in [4.69, 9.17) is 11.6 Å². The van der Waals surface area contributed by atoms with E-state index in [9.17, 15) is 18.0 Å². The molecule has 0 spiro atoms. The molecule has 1 N–H and O–H groups in total. The van der Waals surface area contributed by atoms with Crippen molar-refractivity contribution >= 4 is 44.2 Å². The van der Waals surface area contributed by atoms with Crippen molar-refractivity contribution in [2.24, 2.45) is 0 Å². The predicted octanol–water partition coefficient (Wildman–Crippen LogP) is 4.56. The molecule has 9 nitrogen and oxygen atoms in total. The zero-order valence-electron chi connectivity index (χ0n) is 21.6. The lowest BCUT2D eigenvalue weighted by Crippen LogP contribution is -2.60. The monoisotopic (exact) mass is 585 g/mol. The average molecular weight is 586 g/mol. The van der Waals surface area contributed by atoms with Crippen LogP contribution in [0.25, 0.3) is 22.0 Å². The van der Waals surface area contributed by atoms with Crippen LogP contribution in [-0.4, -0.2) is 63.5 Å². The van der Waals surface area contributed by atoms with Gasteiger partial charge in [0.05, 0.1) is 23.5 Å². The Bertz CT molecular complexity index is 1850. The fourth-order valence-corrected chi connectivity index (χ4v) is 6.64. The molecule has 3 heterocycles. The van der Waals surface area contributed by atoms with Crippen LogP contribution in [0.15, 0.2) is 102 Å². The second-order valence-electron chi connectivity index (χ2n) is 9.66. The van der Waals surface area contributed by atoms with Crippen molar-refractivity contribution in [1.82, 2.24) is 24.2 Å². The van der Waals surface area contributed by atoms with E-state index in [0.29, 0.717) is 21.7 Å². The van der Waals surface area contributed by atoms with Gasteiger partial charge < -0.3 is 9.88 Å². The number of aromatic nitrogens is 3. The van der Waals surface area contributed by atoms with E-state index in [0.717, 1.165) is 20.9 Å². The number of carbonyl (C=O) groups is 2. The number of pyridine rings is 1. The van der Waals surface area contributed by atoms with E-state index in [-0.39, 0.29) is 30.3 Å². The Balaban J connectivity index is 1.30. The van der Waals surface area contributed by atoms with E-state index >= 15 is 0 Å². The number of carbonyl (C=O) groups excluding carboxylic acids is 2. The first kappa shape index (κ1) is 26.7. The summed E-state index contributed by atoms with van der Waals surface area (Å²) in [6.45, 7) is -0.134. The summed E-state index contributed by atoms with van der Waals surface area (Å²) in [6.07, 6.45) is 4.81. The van der Waals surface area contributed by atoms with E-state index in [2.05, 4.69) is 15.0 Å². The average Bonchev–Trinajstić information content (AvgIpc) is 3.51. The van der Waals surface area contributed by atoms with Gasteiger partial charge in [0.2, 0.25) is 0 Å². The number of fused-ring (bicyclic) bond motifs is 1. The Kier molecular flexibility index (Phi) is 7.02.